The summed E-state index contributed by atoms with van der Waals surface area (Å²) in [4.78, 5) is 4.23. The van der Waals surface area contributed by atoms with E-state index < -0.39 is 0 Å². The summed E-state index contributed by atoms with van der Waals surface area (Å²) in [6.07, 6.45) is 1.83. The fourth-order valence-corrected chi connectivity index (χ4v) is 1.96. The summed E-state index contributed by atoms with van der Waals surface area (Å²) in [5, 5.41) is 3.08. The average Bonchev–Trinajstić information content (AvgIpc) is 2.58. The molecule has 3 heteroatoms. The molecule has 0 radical (unpaired) electrons. The topological polar surface area (TPSA) is 12.9 Å². The van der Waals surface area contributed by atoms with Crippen LogP contribution in [0.5, 0.6) is 0 Å². The summed E-state index contributed by atoms with van der Waals surface area (Å²) in [6, 6.07) is 8.38. The zero-order chi connectivity index (χ0) is 8.39. The zero-order valence-electron chi connectivity index (χ0n) is 6.20. The van der Waals surface area contributed by atoms with Gasteiger partial charge in [-0.15, -0.1) is 11.3 Å². The second-order valence-electron chi connectivity index (χ2n) is 2.34. The minimum Gasteiger partial charge on any atom is -0.245 e. The van der Waals surface area contributed by atoms with E-state index in [0.29, 0.717) is 0 Å². The number of benzene rings is 1. The Bertz CT molecular complexity index is 353. The molecule has 0 aliphatic carbocycles. The number of halogens is 1. The minimum atomic E-state index is 1.09. The lowest BCUT2D eigenvalue weighted by Crippen LogP contribution is -1.75. The number of hydrogen-bond acceptors (Lipinski definition) is 2. The quantitative estimate of drug-likeness (QED) is 0.732. The van der Waals surface area contributed by atoms with Gasteiger partial charge in [-0.05, 0) is 34.7 Å². The van der Waals surface area contributed by atoms with Crippen molar-refractivity contribution in [1.82, 2.24) is 4.98 Å². The van der Waals surface area contributed by atoms with Crippen LogP contribution in [0.3, 0.4) is 0 Å². The molecule has 0 fully saturated rings. The van der Waals surface area contributed by atoms with Crippen molar-refractivity contribution < 1.29 is 0 Å². The first kappa shape index (κ1) is 8.19. The van der Waals surface area contributed by atoms with Gasteiger partial charge in [-0.1, -0.05) is 12.1 Å². The van der Waals surface area contributed by atoms with Gasteiger partial charge in [-0.3, -0.25) is 0 Å². The maximum absolute atomic E-state index is 4.23. The first-order valence-corrected chi connectivity index (χ1v) is 5.47. The van der Waals surface area contributed by atoms with Crippen molar-refractivity contribution in [2.75, 3.05) is 0 Å². The van der Waals surface area contributed by atoms with Gasteiger partial charge in [-0.2, -0.15) is 0 Å². The third-order valence-corrected chi connectivity index (χ3v) is 3.06. The van der Waals surface area contributed by atoms with E-state index in [1.165, 1.54) is 9.13 Å². The molecule has 1 nitrogen and oxygen atoms in total. The van der Waals surface area contributed by atoms with E-state index in [0.717, 1.165) is 5.01 Å². The molecule has 1 heterocycles. The molecule has 2 aromatic rings. The molecule has 0 unspecified atom stereocenters. The molecule has 0 aliphatic rings. The first-order valence-electron chi connectivity index (χ1n) is 3.52. The maximum Gasteiger partial charge on any atom is 0.123 e. The molecule has 0 spiro atoms. The lowest BCUT2D eigenvalue weighted by Gasteiger charge is -1.94. The fraction of sp³-hybridized carbons (Fsp3) is 0. The van der Waals surface area contributed by atoms with E-state index in [-0.39, 0.29) is 0 Å². The normalized spacial score (nSPS) is 10.1. The molecule has 0 bridgehead atoms. The van der Waals surface area contributed by atoms with E-state index in [4.69, 9.17) is 0 Å². The molecule has 1 aromatic heterocycles. The van der Waals surface area contributed by atoms with Crippen LogP contribution in [-0.4, -0.2) is 4.98 Å². The van der Waals surface area contributed by atoms with Crippen molar-refractivity contribution in [3.8, 4) is 10.6 Å². The van der Waals surface area contributed by atoms with Crippen LogP contribution < -0.4 is 0 Å². The van der Waals surface area contributed by atoms with E-state index >= 15 is 0 Å². The predicted octanol–water partition coefficient (Wildman–Crippen LogP) is 3.41. The van der Waals surface area contributed by atoms with Gasteiger partial charge in [0.15, 0.2) is 0 Å². The molecular weight excluding hydrogens is 281 g/mol. The van der Waals surface area contributed by atoms with Crippen LogP contribution in [0.2, 0.25) is 0 Å². The van der Waals surface area contributed by atoms with E-state index in [1.54, 1.807) is 11.3 Å². The third-order valence-electron chi connectivity index (χ3n) is 1.52. The maximum atomic E-state index is 4.23. The Morgan fingerprint density at radius 1 is 1.17 bits per heavy atom. The van der Waals surface area contributed by atoms with Crippen LogP contribution in [0, 0.1) is 3.57 Å². The Labute approximate surface area is 88.6 Å². The van der Waals surface area contributed by atoms with Gasteiger partial charge in [-0.25, -0.2) is 4.98 Å². The summed E-state index contributed by atoms with van der Waals surface area (Å²) >= 11 is 3.97. The summed E-state index contributed by atoms with van der Waals surface area (Å²) in [5.41, 5.74) is 1.20. The minimum absolute atomic E-state index is 1.09. The highest BCUT2D eigenvalue weighted by molar-refractivity contribution is 14.1. The van der Waals surface area contributed by atoms with Crippen molar-refractivity contribution in [2.24, 2.45) is 0 Å². The van der Waals surface area contributed by atoms with Crippen molar-refractivity contribution in [3.05, 3.63) is 39.4 Å². The lowest BCUT2D eigenvalue weighted by atomic mass is 10.2. The molecule has 0 saturated carbocycles. The first-order chi connectivity index (χ1) is 5.86. The van der Waals surface area contributed by atoms with Crippen molar-refractivity contribution in [1.29, 1.82) is 0 Å². The van der Waals surface area contributed by atoms with Gasteiger partial charge >= 0.3 is 0 Å². The number of aromatic nitrogens is 1. The number of rotatable bonds is 1. The van der Waals surface area contributed by atoms with Crippen LogP contribution in [-0.2, 0) is 0 Å². The van der Waals surface area contributed by atoms with Crippen molar-refractivity contribution in [2.45, 2.75) is 0 Å². The Balaban J connectivity index is 2.43. The standard InChI is InChI=1S/C9H6INS/c10-8-3-1-7(2-4-8)9-11-5-6-12-9/h1-6H. The third kappa shape index (κ3) is 1.67. The molecule has 60 valence electrons. The predicted molar refractivity (Wildman–Crippen MR) is 60.3 cm³/mol. The Hall–Kier alpha value is -0.420. The van der Waals surface area contributed by atoms with E-state index in [9.17, 15) is 0 Å². The number of hydrogen-bond donors (Lipinski definition) is 0. The summed E-state index contributed by atoms with van der Waals surface area (Å²) < 4.78 is 1.26. The molecule has 0 amide bonds. The highest BCUT2D eigenvalue weighted by Crippen LogP contribution is 2.21. The van der Waals surface area contributed by atoms with Crippen LogP contribution in [0.4, 0.5) is 0 Å². The summed E-state index contributed by atoms with van der Waals surface area (Å²) in [5.74, 6) is 0. The van der Waals surface area contributed by atoms with Gasteiger partial charge in [0.2, 0.25) is 0 Å². The van der Waals surface area contributed by atoms with Gasteiger partial charge in [0.05, 0.1) is 0 Å². The molecule has 0 atom stereocenters. The SMILES string of the molecule is Ic1ccc(-c2nccs2)cc1. The van der Waals surface area contributed by atoms with Gasteiger partial charge in [0.1, 0.15) is 5.01 Å². The van der Waals surface area contributed by atoms with E-state index in [1.807, 2.05) is 11.6 Å². The van der Waals surface area contributed by atoms with Crippen LogP contribution in [0.1, 0.15) is 0 Å². The van der Waals surface area contributed by atoms with E-state index in [2.05, 4.69) is 51.8 Å². The van der Waals surface area contributed by atoms with Crippen LogP contribution in [0.25, 0.3) is 10.6 Å². The fourth-order valence-electron chi connectivity index (χ4n) is 0.958. The molecule has 2 rings (SSSR count). The summed E-state index contributed by atoms with van der Waals surface area (Å²) in [6.45, 7) is 0. The molecule has 0 N–H and O–H groups in total. The van der Waals surface area contributed by atoms with Crippen LogP contribution in [0.15, 0.2) is 35.8 Å². The van der Waals surface area contributed by atoms with Crippen molar-refractivity contribution >= 4 is 33.9 Å². The van der Waals surface area contributed by atoms with Crippen molar-refractivity contribution in [3.63, 3.8) is 0 Å². The molecule has 0 aliphatic heterocycles. The number of nitrogens with zero attached hydrogens (tertiary/aromatic N) is 1. The Morgan fingerprint density at radius 3 is 2.50 bits per heavy atom. The lowest BCUT2D eigenvalue weighted by molar-refractivity contribution is 1.41. The van der Waals surface area contributed by atoms with Gasteiger partial charge in [0, 0.05) is 20.7 Å². The van der Waals surface area contributed by atoms with Gasteiger partial charge < -0.3 is 0 Å². The zero-order valence-corrected chi connectivity index (χ0v) is 9.17. The second kappa shape index (κ2) is 3.53. The molecule has 0 saturated heterocycles. The molecule has 12 heavy (non-hydrogen) atoms. The molecule has 1 aromatic carbocycles. The highest BCUT2D eigenvalue weighted by Gasteiger charge is 1.97. The smallest absolute Gasteiger partial charge is 0.123 e. The molecular formula is C9H6INS. The number of thiazole rings is 1. The van der Waals surface area contributed by atoms with Gasteiger partial charge in [0.25, 0.3) is 0 Å². The summed E-state index contributed by atoms with van der Waals surface area (Å²) in [7, 11) is 0. The monoisotopic (exact) mass is 287 g/mol. The van der Waals surface area contributed by atoms with Crippen LogP contribution >= 0.6 is 33.9 Å². The average molecular weight is 287 g/mol. The Morgan fingerprint density at radius 2 is 1.92 bits per heavy atom. The largest absolute Gasteiger partial charge is 0.245 e. The second-order valence-corrected chi connectivity index (χ2v) is 4.48. The Kier molecular flexibility index (Phi) is 2.41. The highest BCUT2D eigenvalue weighted by atomic mass is 127.